The van der Waals surface area contributed by atoms with Crippen LogP contribution in [0.3, 0.4) is 0 Å². The fourth-order valence-electron chi connectivity index (χ4n) is 2.55. The summed E-state index contributed by atoms with van der Waals surface area (Å²) >= 11 is 6.02. The van der Waals surface area contributed by atoms with Crippen molar-refractivity contribution in [3.8, 4) is 5.75 Å². The molecule has 1 N–H and O–H groups in total. The predicted molar refractivity (Wildman–Crippen MR) is 113 cm³/mol. The minimum Gasteiger partial charge on any atom is -0.493 e. The molecule has 0 spiro atoms. The fourth-order valence-corrected chi connectivity index (χ4v) is 2.74. The number of carbonyl (C=O) groups excluding carboxylic acids is 2. The second kappa shape index (κ2) is 9.60. The van der Waals surface area contributed by atoms with E-state index in [9.17, 15) is 9.59 Å². The number of amides is 2. The van der Waals surface area contributed by atoms with Crippen molar-refractivity contribution in [3.05, 3.63) is 59.1 Å². The first-order valence-corrected chi connectivity index (χ1v) is 9.56. The third-order valence-corrected chi connectivity index (χ3v) is 4.59. The largest absolute Gasteiger partial charge is 0.493 e. The maximum absolute atomic E-state index is 12.2. The van der Waals surface area contributed by atoms with E-state index in [0.29, 0.717) is 10.7 Å². The predicted octanol–water partition coefficient (Wildman–Crippen LogP) is 4.50. The zero-order valence-electron chi connectivity index (χ0n) is 16.8. The lowest BCUT2D eigenvalue weighted by molar-refractivity contribution is -0.133. The van der Waals surface area contributed by atoms with Gasteiger partial charge in [0.25, 0.3) is 0 Å². The lowest BCUT2D eigenvalue weighted by Crippen LogP contribution is -2.35. The van der Waals surface area contributed by atoms with Crippen molar-refractivity contribution in [2.45, 2.75) is 32.6 Å². The van der Waals surface area contributed by atoms with E-state index in [4.69, 9.17) is 16.3 Å². The van der Waals surface area contributed by atoms with Gasteiger partial charge in [-0.1, -0.05) is 56.6 Å². The molecule has 28 heavy (non-hydrogen) atoms. The monoisotopic (exact) mass is 402 g/mol. The van der Waals surface area contributed by atoms with Gasteiger partial charge in [-0.05, 0) is 35.2 Å². The van der Waals surface area contributed by atoms with Gasteiger partial charge in [0.15, 0.2) is 0 Å². The Morgan fingerprint density at radius 2 is 1.71 bits per heavy atom. The second-order valence-corrected chi connectivity index (χ2v) is 8.06. The minimum atomic E-state index is -0.303. The Balaban J connectivity index is 1.76. The van der Waals surface area contributed by atoms with Gasteiger partial charge in [0.1, 0.15) is 5.75 Å². The van der Waals surface area contributed by atoms with Crippen molar-refractivity contribution in [2.75, 3.05) is 25.5 Å². The van der Waals surface area contributed by atoms with E-state index >= 15 is 0 Å². The summed E-state index contributed by atoms with van der Waals surface area (Å²) in [5, 5.41) is 3.15. The van der Waals surface area contributed by atoms with Gasteiger partial charge >= 0.3 is 0 Å². The van der Waals surface area contributed by atoms with Crippen LogP contribution in [-0.2, 0) is 15.0 Å². The molecule has 0 bridgehead atoms. The molecule has 0 unspecified atom stereocenters. The molecule has 0 atom stereocenters. The maximum atomic E-state index is 12.2. The fraction of sp³-hybridized carbons (Fsp3) is 0.364. The van der Waals surface area contributed by atoms with Gasteiger partial charge in [-0.2, -0.15) is 0 Å². The molecule has 0 aliphatic heterocycles. The van der Waals surface area contributed by atoms with Crippen LogP contribution in [0.2, 0.25) is 5.02 Å². The Kier molecular flexibility index (Phi) is 7.46. The zero-order valence-corrected chi connectivity index (χ0v) is 17.5. The smallest absolute Gasteiger partial charge is 0.244 e. The van der Waals surface area contributed by atoms with Crippen molar-refractivity contribution in [1.29, 1.82) is 0 Å². The molecule has 150 valence electrons. The number of nitrogens with one attached hydrogen (secondary N) is 1. The highest BCUT2D eigenvalue weighted by molar-refractivity contribution is 6.33. The number of benzene rings is 2. The van der Waals surface area contributed by atoms with E-state index < -0.39 is 0 Å². The highest BCUT2D eigenvalue weighted by Crippen LogP contribution is 2.24. The maximum Gasteiger partial charge on any atom is 0.244 e. The third-order valence-electron chi connectivity index (χ3n) is 4.26. The van der Waals surface area contributed by atoms with Crippen LogP contribution < -0.4 is 10.1 Å². The van der Waals surface area contributed by atoms with Gasteiger partial charge in [-0.25, -0.2) is 0 Å². The highest BCUT2D eigenvalue weighted by Gasteiger charge is 2.15. The molecule has 0 aromatic heterocycles. The van der Waals surface area contributed by atoms with Crippen LogP contribution in [0.25, 0.3) is 0 Å². The summed E-state index contributed by atoms with van der Waals surface area (Å²) in [6.45, 7) is 6.66. The van der Waals surface area contributed by atoms with Crippen LogP contribution in [0, 0.1) is 0 Å². The summed E-state index contributed by atoms with van der Waals surface area (Å²) in [6, 6.07) is 14.8. The first-order chi connectivity index (χ1) is 13.2. The lowest BCUT2D eigenvalue weighted by atomic mass is 9.87. The van der Waals surface area contributed by atoms with Crippen molar-refractivity contribution < 1.29 is 14.3 Å². The van der Waals surface area contributed by atoms with Crippen molar-refractivity contribution >= 4 is 29.1 Å². The van der Waals surface area contributed by atoms with E-state index in [1.54, 1.807) is 31.3 Å². The molecule has 2 amide bonds. The molecular weight excluding hydrogens is 376 g/mol. The number of anilines is 1. The summed E-state index contributed by atoms with van der Waals surface area (Å²) in [5.41, 5.74) is 1.83. The Morgan fingerprint density at radius 1 is 1.07 bits per heavy atom. The number of para-hydroxylation sites is 1. The van der Waals surface area contributed by atoms with Gasteiger partial charge in [-0.3, -0.25) is 9.59 Å². The first kappa shape index (κ1) is 21.8. The van der Waals surface area contributed by atoms with Crippen molar-refractivity contribution in [1.82, 2.24) is 4.90 Å². The number of ether oxygens (including phenoxy) is 1. The number of rotatable bonds is 7. The van der Waals surface area contributed by atoms with Crippen LogP contribution in [0.5, 0.6) is 5.75 Å². The normalized spacial score (nSPS) is 11.0. The Morgan fingerprint density at radius 3 is 2.32 bits per heavy atom. The molecule has 0 aliphatic rings. The van der Waals surface area contributed by atoms with Crippen LogP contribution in [0.1, 0.15) is 32.8 Å². The molecule has 0 fully saturated rings. The summed E-state index contributed by atoms with van der Waals surface area (Å²) in [4.78, 5) is 25.7. The Labute approximate surface area is 171 Å². The molecule has 0 aliphatic carbocycles. The summed E-state index contributed by atoms with van der Waals surface area (Å²) in [6.07, 6.45) is 0.191. The van der Waals surface area contributed by atoms with Crippen LogP contribution in [-0.4, -0.2) is 36.9 Å². The topological polar surface area (TPSA) is 58.6 Å². The summed E-state index contributed by atoms with van der Waals surface area (Å²) in [5.74, 6) is 0.253. The molecular formula is C22H27ClN2O3. The number of halogens is 1. The average molecular weight is 403 g/mol. The molecule has 0 radical (unpaired) electrons. The van der Waals surface area contributed by atoms with E-state index in [1.165, 1.54) is 10.5 Å². The van der Waals surface area contributed by atoms with E-state index in [1.807, 2.05) is 24.3 Å². The van der Waals surface area contributed by atoms with Crippen LogP contribution in [0.4, 0.5) is 5.69 Å². The lowest BCUT2D eigenvalue weighted by Gasteiger charge is -2.19. The first-order valence-electron chi connectivity index (χ1n) is 9.18. The molecule has 0 saturated carbocycles. The molecule has 6 heteroatoms. The molecule has 5 nitrogen and oxygen atoms in total. The van der Waals surface area contributed by atoms with Gasteiger partial charge in [0.05, 0.1) is 30.3 Å². The van der Waals surface area contributed by atoms with Crippen LogP contribution >= 0.6 is 11.6 Å². The molecule has 2 rings (SSSR count). The number of likely N-dealkylation sites (N-methyl/N-ethyl adjacent to an activating group) is 1. The van der Waals surface area contributed by atoms with Gasteiger partial charge in [-0.15, -0.1) is 0 Å². The van der Waals surface area contributed by atoms with Gasteiger partial charge in [0, 0.05) is 7.05 Å². The van der Waals surface area contributed by atoms with Gasteiger partial charge < -0.3 is 15.0 Å². The number of hydrogen-bond donors (Lipinski definition) is 1. The average Bonchev–Trinajstić information content (AvgIpc) is 2.63. The van der Waals surface area contributed by atoms with Crippen LogP contribution in [0.15, 0.2) is 48.5 Å². The number of nitrogens with zero attached hydrogens (tertiary/aromatic N) is 1. The van der Waals surface area contributed by atoms with Crippen molar-refractivity contribution in [2.24, 2.45) is 0 Å². The second-order valence-electron chi connectivity index (χ2n) is 7.65. The molecule has 0 saturated heterocycles. The number of carbonyl (C=O) groups is 2. The standard InChI is InChI=1S/C22H27ClN2O3/c1-22(2,3)16-9-11-17(12-10-16)28-14-13-21(27)25(4)15-20(26)24-19-8-6-5-7-18(19)23/h5-12H,13-15H2,1-4H3,(H,24,26). The van der Waals surface area contributed by atoms with E-state index in [0.717, 1.165) is 5.75 Å². The quantitative estimate of drug-likeness (QED) is 0.741. The number of hydrogen-bond acceptors (Lipinski definition) is 3. The highest BCUT2D eigenvalue weighted by atomic mass is 35.5. The Bertz CT molecular complexity index is 813. The van der Waals surface area contributed by atoms with E-state index in [-0.39, 0.29) is 36.8 Å². The SMILES string of the molecule is CN(CC(=O)Nc1ccccc1Cl)C(=O)CCOc1ccc(C(C)(C)C)cc1. The van der Waals surface area contributed by atoms with E-state index in [2.05, 4.69) is 26.1 Å². The molecule has 2 aromatic carbocycles. The van der Waals surface area contributed by atoms with Crippen molar-refractivity contribution in [3.63, 3.8) is 0 Å². The minimum absolute atomic E-state index is 0.0513. The molecule has 2 aromatic rings. The summed E-state index contributed by atoms with van der Waals surface area (Å²) < 4.78 is 5.65. The Hall–Kier alpha value is -2.53. The third kappa shape index (κ3) is 6.57. The van der Waals surface area contributed by atoms with Gasteiger partial charge in [0.2, 0.25) is 11.8 Å². The molecule has 0 heterocycles. The zero-order chi connectivity index (χ0) is 20.7. The summed E-state index contributed by atoms with van der Waals surface area (Å²) in [7, 11) is 1.59.